The van der Waals surface area contributed by atoms with Crippen molar-refractivity contribution in [2.24, 2.45) is 5.92 Å². The summed E-state index contributed by atoms with van der Waals surface area (Å²) in [6.07, 6.45) is 3.21. The summed E-state index contributed by atoms with van der Waals surface area (Å²) in [4.78, 5) is 20.2. The second-order valence-corrected chi connectivity index (χ2v) is 8.30. The molecule has 4 nitrogen and oxygen atoms in total. The zero-order valence-electron chi connectivity index (χ0n) is 18.2. The van der Waals surface area contributed by atoms with Gasteiger partial charge in [0.2, 0.25) is 0 Å². The summed E-state index contributed by atoms with van der Waals surface area (Å²) in [6, 6.07) is 16.1. The number of hydrogen-bond acceptors (Lipinski definition) is 2. The molecule has 2 aromatic carbocycles. The van der Waals surface area contributed by atoms with E-state index in [0.29, 0.717) is 12.5 Å². The first-order valence-corrected chi connectivity index (χ1v) is 10.8. The van der Waals surface area contributed by atoms with Crippen LogP contribution in [0.5, 0.6) is 0 Å². The minimum Gasteiger partial charge on any atom is -0.331 e. The van der Waals surface area contributed by atoms with Gasteiger partial charge in [-0.15, -0.1) is 0 Å². The minimum atomic E-state index is 0.0831. The third kappa shape index (κ3) is 5.26. The lowest BCUT2D eigenvalue weighted by atomic mass is 10.1. The van der Waals surface area contributed by atoms with Gasteiger partial charge in [0.15, 0.2) is 0 Å². The third-order valence-electron chi connectivity index (χ3n) is 5.36. The van der Waals surface area contributed by atoms with Crippen molar-refractivity contribution in [2.75, 3.05) is 6.54 Å². The molecular weight excluding hydrogens is 358 g/mol. The minimum absolute atomic E-state index is 0.0831. The molecule has 3 aromatic rings. The Labute approximate surface area is 174 Å². The van der Waals surface area contributed by atoms with Crippen LogP contribution in [0.1, 0.15) is 61.8 Å². The lowest BCUT2D eigenvalue weighted by Crippen LogP contribution is -2.33. The maximum Gasteiger partial charge on any atom is 0.254 e. The van der Waals surface area contributed by atoms with Gasteiger partial charge in [-0.1, -0.05) is 57.0 Å². The normalized spacial score (nSPS) is 11.3. The van der Waals surface area contributed by atoms with Gasteiger partial charge in [0.05, 0.1) is 17.6 Å². The second kappa shape index (κ2) is 9.73. The van der Waals surface area contributed by atoms with E-state index in [9.17, 15) is 4.79 Å². The van der Waals surface area contributed by atoms with Crippen molar-refractivity contribution in [3.05, 3.63) is 65.5 Å². The molecule has 29 heavy (non-hydrogen) atoms. The maximum atomic E-state index is 13.3. The zero-order chi connectivity index (χ0) is 20.8. The summed E-state index contributed by atoms with van der Waals surface area (Å²) in [7, 11) is 0. The molecule has 0 radical (unpaired) electrons. The SMILES string of the molecule is CCCCn1c(CN(CCC(C)C)C(=O)c2ccc(C)cc2)nc2ccccc21. The van der Waals surface area contributed by atoms with E-state index in [1.807, 2.05) is 42.2 Å². The molecule has 0 fully saturated rings. The van der Waals surface area contributed by atoms with E-state index >= 15 is 0 Å². The number of amides is 1. The molecule has 0 saturated carbocycles. The number of imidazole rings is 1. The number of benzene rings is 2. The Hall–Kier alpha value is -2.62. The summed E-state index contributed by atoms with van der Waals surface area (Å²) >= 11 is 0. The van der Waals surface area contributed by atoms with Crippen LogP contribution in [0.25, 0.3) is 11.0 Å². The van der Waals surface area contributed by atoms with Gasteiger partial charge in [-0.05, 0) is 49.9 Å². The molecule has 1 amide bonds. The van der Waals surface area contributed by atoms with Crippen molar-refractivity contribution >= 4 is 16.9 Å². The van der Waals surface area contributed by atoms with Crippen LogP contribution >= 0.6 is 0 Å². The van der Waals surface area contributed by atoms with Crippen LogP contribution in [0.15, 0.2) is 48.5 Å². The number of aryl methyl sites for hydroxylation is 2. The van der Waals surface area contributed by atoms with E-state index in [2.05, 4.69) is 43.5 Å². The van der Waals surface area contributed by atoms with Crippen molar-refractivity contribution in [1.82, 2.24) is 14.5 Å². The Morgan fingerprint density at radius 1 is 1.10 bits per heavy atom. The number of unbranched alkanes of at least 4 members (excludes halogenated alkanes) is 1. The predicted octanol–water partition coefficient (Wildman–Crippen LogP) is 5.83. The molecule has 4 heteroatoms. The van der Waals surface area contributed by atoms with Crippen LogP contribution in [0.2, 0.25) is 0 Å². The molecular formula is C25H33N3O. The highest BCUT2D eigenvalue weighted by Gasteiger charge is 2.20. The number of nitrogens with zero attached hydrogens (tertiary/aromatic N) is 3. The quantitative estimate of drug-likeness (QED) is 0.460. The molecule has 0 spiro atoms. The van der Waals surface area contributed by atoms with E-state index in [-0.39, 0.29) is 5.91 Å². The topological polar surface area (TPSA) is 38.1 Å². The molecule has 3 rings (SSSR count). The summed E-state index contributed by atoms with van der Waals surface area (Å²) in [5.41, 5.74) is 4.07. The first-order valence-electron chi connectivity index (χ1n) is 10.8. The molecule has 154 valence electrons. The van der Waals surface area contributed by atoms with Gasteiger partial charge in [0.25, 0.3) is 5.91 Å². The number of rotatable bonds is 9. The first kappa shape index (κ1) is 21.1. The average Bonchev–Trinajstić information content (AvgIpc) is 3.06. The highest BCUT2D eigenvalue weighted by atomic mass is 16.2. The largest absolute Gasteiger partial charge is 0.331 e. The van der Waals surface area contributed by atoms with Crippen molar-refractivity contribution in [3.63, 3.8) is 0 Å². The van der Waals surface area contributed by atoms with Gasteiger partial charge in [0, 0.05) is 18.7 Å². The Kier molecular flexibility index (Phi) is 7.08. The third-order valence-corrected chi connectivity index (χ3v) is 5.36. The van der Waals surface area contributed by atoms with E-state index < -0.39 is 0 Å². The van der Waals surface area contributed by atoms with Crippen LogP contribution in [0, 0.1) is 12.8 Å². The van der Waals surface area contributed by atoms with Crippen molar-refractivity contribution in [1.29, 1.82) is 0 Å². The van der Waals surface area contributed by atoms with Crippen LogP contribution in [-0.4, -0.2) is 26.9 Å². The van der Waals surface area contributed by atoms with Crippen LogP contribution < -0.4 is 0 Å². The second-order valence-electron chi connectivity index (χ2n) is 8.30. The molecule has 0 N–H and O–H groups in total. The van der Waals surface area contributed by atoms with Crippen LogP contribution in [0.4, 0.5) is 0 Å². The van der Waals surface area contributed by atoms with Gasteiger partial charge in [-0.2, -0.15) is 0 Å². The Morgan fingerprint density at radius 3 is 2.52 bits per heavy atom. The first-order chi connectivity index (χ1) is 14.0. The fraction of sp³-hybridized carbons (Fsp3) is 0.440. The van der Waals surface area contributed by atoms with E-state index in [4.69, 9.17) is 4.98 Å². The molecule has 0 aliphatic rings. The average molecular weight is 392 g/mol. The summed E-state index contributed by atoms with van der Waals surface area (Å²) in [5, 5.41) is 0. The van der Waals surface area contributed by atoms with Gasteiger partial charge in [-0.3, -0.25) is 4.79 Å². The van der Waals surface area contributed by atoms with E-state index in [1.54, 1.807) is 0 Å². The van der Waals surface area contributed by atoms with Gasteiger partial charge < -0.3 is 9.47 Å². The lowest BCUT2D eigenvalue weighted by molar-refractivity contribution is 0.0729. The number of hydrogen-bond donors (Lipinski definition) is 0. The molecule has 0 saturated heterocycles. The smallest absolute Gasteiger partial charge is 0.254 e. The molecule has 0 unspecified atom stereocenters. The molecule has 0 atom stereocenters. The Balaban J connectivity index is 1.92. The van der Waals surface area contributed by atoms with Gasteiger partial charge >= 0.3 is 0 Å². The lowest BCUT2D eigenvalue weighted by Gasteiger charge is -2.24. The van der Waals surface area contributed by atoms with Gasteiger partial charge in [-0.25, -0.2) is 4.98 Å². The summed E-state index contributed by atoms with van der Waals surface area (Å²) < 4.78 is 2.30. The molecule has 1 heterocycles. The summed E-state index contributed by atoms with van der Waals surface area (Å²) in [6.45, 7) is 10.9. The molecule has 0 aliphatic carbocycles. The van der Waals surface area contributed by atoms with Crippen molar-refractivity contribution < 1.29 is 4.79 Å². The fourth-order valence-corrected chi connectivity index (χ4v) is 3.53. The molecule has 1 aromatic heterocycles. The van der Waals surface area contributed by atoms with E-state index in [0.717, 1.165) is 60.3 Å². The van der Waals surface area contributed by atoms with Gasteiger partial charge in [0.1, 0.15) is 5.82 Å². The zero-order valence-corrected chi connectivity index (χ0v) is 18.2. The van der Waals surface area contributed by atoms with Crippen LogP contribution in [-0.2, 0) is 13.1 Å². The summed E-state index contributed by atoms with van der Waals surface area (Å²) in [5.74, 6) is 1.60. The van der Waals surface area contributed by atoms with E-state index in [1.165, 1.54) is 0 Å². The predicted molar refractivity (Wildman–Crippen MR) is 120 cm³/mol. The van der Waals surface area contributed by atoms with Crippen molar-refractivity contribution in [2.45, 2.75) is 60.0 Å². The number of aromatic nitrogens is 2. The Bertz CT molecular complexity index is 940. The maximum absolute atomic E-state index is 13.3. The highest BCUT2D eigenvalue weighted by Crippen LogP contribution is 2.20. The standard InChI is InChI=1S/C25H33N3O/c1-5-6-16-28-23-10-8-7-9-22(23)26-24(28)18-27(17-15-19(2)3)25(29)21-13-11-20(4)12-14-21/h7-14,19H,5-6,15-18H2,1-4H3. The number of para-hydroxylation sites is 2. The van der Waals surface area contributed by atoms with Crippen LogP contribution in [0.3, 0.4) is 0 Å². The fourth-order valence-electron chi connectivity index (χ4n) is 3.53. The van der Waals surface area contributed by atoms with Crippen molar-refractivity contribution in [3.8, 4) is 0 Å². The number of carbonyl (C=O) groups excluding carboxylic acids is 1. The Morgan fingerprint density at radius 2 is 1.83 bits per heavy atom. The number of fused-ring (bicyclic) bond motifs is 1. The molecule has 0 aliphatic heterocycles. The molecule has 0 bridgehead atoms. The monoisotopic (exact) mass is 391 g/mol. The number of carbonyl (C=O) groups is 1. The highest BCUT2D eigenvalue weighted by molar-refractivity contribution is 5.94.